The molecule has 0 aromatic heterocycles. The lowest BCUT2D eigenvalue weighted by molar-refractivity contribution is -0.103. The molecule has 0 spiro atoms. The zero-order valence-electron chi connectivity index (χ0n) is 8.29. The van der Waals surface area contributed by atoms with Crippen LogP contribution in [0.5, 0.6) is 0 Å². The first-order valence-corrected chi connectivity index (χ1v) is 4.04. The fourth-order valence-corrected chi connectivity index (χ4v) is 0.720. The van der Waals surface area contributed by atoms with E-state index in [9.17, 15) is 4.79 Å². The van der Waals surface area contributed by atoms with Crippen molar-refractivity contribution in [2.45, 2.75) is 13.8 Å². The van der Waals surface area contributed by atoms with Crippen molar-refractivity contribution in [3.05, 3.63) is 42.5 Å². The topological polar surface area (TPSA) is 52.1 Å². The zero-order valence-corrected chi connectivity index (χ0v) is 8.29. The minimum Gasteiger partial charge on any atom is -0.344 e. The van der Waals surface area contributed by atoms with E-state index < -0.39 is 0 Å². The van der Waals surface area contributed by atoms with Crippen LogP contribution in [0.4, 0.5) is 0 Å². The molecule has 0 atom stereocenters. The number of carbonyl (C=O) groups is 1. The van der Waals surface area contributed by atoms with Gasteiger partial charge in [0.25, 0.3) is 0 Å². The van der Waals surface area contributed by atoms with Crippen molar-refractivity contribution in [3.8, 4) is 0 Å². The van der Waals surface area contributed by atoms with Gasteiger partial charge in [-0.3, -0.25) is 4.79 Å². The summed E-state index contributed by atoms with van der Waals surface area (Å²) < 4.78 is 0. The largest absolute Gasteiger partial charge is 0.344 e. The first kappa shape index (κ1) is 14.1. The standard InChI is InChI=1S/C9H8O.C2H6.H3N.H2/c1-8(7-10)9-5-3-2-4-6-9;1-2;;/h2-7H,1H2;1-2H3;1H3;1H. The lowest BCUT2D eigenvalue weighted by Gasteiger charge is -1.93. The highest BCUT2D eigenvalue weighted by Gasteiger charge is 1.92. The van der Waals surface area contributed by atoms with Crippen LogP contribution in [0.15, 0.2) is 36.9 Å². The fourth-order valence-electron chi connectivity index (χ4n) is 0.720. The van der Waals surface area contributed by atoms with Crippen LogP contribution in [0.2, 0.25) is 0 Å². The van der Waals surface area contributed by atoms with E-state index in [2.05, 4.69) is 6.58 Å². The lowest BCUT2D eigenvalue weighted by Crippen LogP contribution is -1.80. The molecular formula is C11H19NO. The van der Waals surface area contributed by atoms with E-state index in [4.69, 9.17) is 0 Å². The molecule has 2 nitrogen and oxygen atoms in total. The Balaban J connectivity index is -0.000000284. The second kappa shape index (κ2) is 8.68. The van der Waals surface area contributed by atoms with Gasteiger partial charge in [-0.1, -0.05) is 50.8 Å². The van der Waals surface area contributed by atoms with Gasteiger partial charge in [0.1, 0.15) is 6.29 Å². The first-order chi connectivity index (χ1) is 5.84. The molecule has 0 saturated heterocycles. The van der Waals surface area contributed by atoms with Crippen LogP contribution in [-0.4, -0.2) is 6.29 Å². The lowest BCUT2D eigenvalue weighted by atomic mass is 10.1. The molecule has 74 valence electrons. The van der Waals surface area contributed by atoms with Crippen LogP contribution in [0.25, 0.3) is 5.57 Å². The smallest absolute Gasteiger partial charge is 0.150 e. The third-order valence-corrected chi connectivity index (χ3v) is 1.29. The summed E-state index contributed by atoms with van der Waals surface area (Å²) in [7, 11) is 0. The second-order valence-corrected chi connectivity index (χ2v) is 2.01. The van der Waals surface area contributed by atoms with E-state index in [-0.39, 0.29) is 7.58 Å². The molecule has 3 N–H and O–H groups in total. The van der Waals surface area contributed by atoms with E-state index in [0.29, 0.717) is 5.57 Å². The van der Waals surface area contributed by atoms with Gasteiger partial charge in [0.15, 0.2) is 0 Å². The number of hydrogen-bond donors (Lipinski definition) is 1. The monoisotopic (exact) mass is 181 g/mol. The Morgan fingerprint density at radius 3 is 2.15 bits per heavy atom. The molecule has 0 aliphatic carbocycles. The summed E-state index contributed by atoms with van der Waals surface area (Å²) in [4.78, 5) is 10.2. The van der Waals surface area contributed by atoms with Gasteiger partial charge in [0.05, 0.1) is 0 Å². The van der Waals surface area contributed by atoms with Crippen LogP contribution < -0.4 is 6.15 Å². The highest BCUT2D eigenvalue weighted by atomic mass is 16.1. The number of allylic oxidation sites excluding steroid dienone is 1. The Kier molecular flexibility index (Phi) is 9.44. The fraction of sp³-hybridized carbons (Fsp3) is 0.182. The molecule has 0 unspecified atom stereocenters. The third-order valence-electron chi connectivity index (χ3n) is 1.29. The van der Waals surface area contributed by atoms with Gasteiger partial charge in [-0.05, 0) is 5.56 Å². The summed E-state index contributed by atoms with van der Waals surface area (Å²) in [6, 6.07) is 9.38. The highest BCUT2D eigenvalue weighted by molar-refractivity contribution is 6.05. The molecule has 0 amide bonds. The molecule has 1 aromatic rings. The Morgan fingerprint density at radius 2 is 1.77 bits per heavy atom. The quantitative estimate of drug-likeness (QED) is 0.562. The molecule has 0 aliphatic heterocycles. The van der Waals surface area contributed by atoms with Crippen LogP contribution in [-0.2, 0) is 4.79 Å². The van der Waals surface area contributed by atoms with Crippen LogP contribution in [0.3, 0.4) is 0 Å². The molecular weight excluding hydrogens is 162 g/mol. The highest BCUT2D eigenvalue weighted by Crippen LogP contribution is 2.07. The van der Waals surface area contributed by atoms with Gasteiger partial charge >= 0.3 is 0 Å². The Hall–Kier alpha value is -1.41. The molecule has 13 heavy (non-hydrogen) atoms. The number of hydrogen-bond acceptors (Lipinski definition) is 2. The Bertz CT molecular complexity index is 247. The van der Waals surface area contributed by atoms with Gasteiger partial charge < -0.3 is 6.15 Å². The SMILES string of the molecule is C=C(C=O)c1ccccc1.CC.N.[HH]. The van der Waals surface area contributed by atoms with Crippen molar-refractivity contribution in [2.75, 3.05) is 0 Å². The Morgan fingerprint density at radius 1 is 1.31 bits per heavy atom. The number of carbonyl (C=O) groups excluding carboxylic acids is 1. The number of aldehydes is 1. The minimum atomic E-state index is 0. The van der Waals surface area contributed by atoms with Crippen molar-refractivity contribution in [1.29, 1.82) is 0 Å². The van der Waals surface area contributed by atoms with Crippen molar-refractivity contribution in [2.24, 2.45) is 0 Å². The molecule has 2 heteroatoms. The third kappa shape index (κ3) is 4.93. The zero-order chi connectivity index (χ0) is 9.40. The van der Waals surface area contributed by atoms with Crippen molar-refractivity contribution in [1.82, 2.24) is 6.15 Å². The molecule has 1 aromatic carbocycles. The van der Waals surface area contributed by atoms with Crippen molar-refractivity contribution >= 4 is 11.9 Å². The normalized spacial score (nSPS) is 7.23. The van der Waals surface area contributed by atoms with E-state index in [0.717, 1.165) is 11.8 Å². The molecule has 0 saturated carbocycles. The maximum absolute atomic E-state index is 10.2. The van der Waals surface area contributed by atoms with Crippen molar-refractivity contribution < 1.29 is 6.22 Å². The summed E-state index contributed by atoms with van der Waals surface area (Å²) in [5.41, 5.74) is 1.41. The van der Waals surface area contributed by atoms with Gasteiger partial charge in [0.2, 0.25) is 0 Å². The number of benzene rings is 1. The second-order valence-electron chi connectivity index (χ2n) is 2.01. The molecule has 0 bridgehead atoms. The van der Waals surface area contributed by atoms with Crippen LogP contribution >= 0.6 is 0 Å². The van der Waals surface area contributed by atoms with Gasteiger partial charge in [0, 0.05) is 7.00 Å². The van der Waals surface area contributed by atoms with Crippen LogP contribution in [0.1, 0.15) is 20.8 Å². The van der Waals surface area contributed by atoms with Gasteiger partial charge in [-0.15, -0.1) is 0 Å². The molecule has 0 aliphatic rings. The summed E-state index contributed by atoms with van der Waals surface area (Å²) >= 11 is 0. The molecule has 1 rings (SSSR count). The Labute approximate surface area is 81.4 Å². The maximum Gasteiger partial charge on any atom is 0.150 e. The molecule has 0 heterocycles. The first-order valence-electron chi connectivity index (χ1n) is 4.04. The summed E-state index contributed by atoms with van der Waals surface area (Å²) in [5.74, 6) is 0. The van der Waals surface area contributed by atoms with E-state index in [1.807, 2.05) is 44.2 Å². The maximum atomic E-state index is 10.2. The average Bonchev–Trinajstić information content (AvgIpc) is 2.21. The van der Waals surface area contributed by atoms with Crippen LogP contribution in [0, 0.1) is 0 Å². The molecule has 0 radical (unpaired) electrons. The minimum absolute atomic E-state index is 0. The predicted octanol–water partition coefficient (Wildman–Crippen LogP) is 3.33. The molecule has 0 fully saturated rings. The van der Waals surface area contributed by atoms with E-state index in [1.165, 1.54) is 0 Å². The predicted molar refractivity (Wildman–Crippen MR) is 60.0 cm³/mol. The summed E-state index contributed by atoms with van der Waals surface area (Å²) in [6.07, 6.45) is 0.759. The summed E-state index contributed by atoms with van der Waals surface area (Å²) in [6.45, 7) is 7.58. The van der Waals surface area contributed by atoms with E-state index in [1.54, 1.807) is 0 Å². The number of rotatable bonds is 2. The summed E-state index contributed by atoms with van der Waals surface area (Å²) in [5, 5.41) is 0. The van der Waals surface area contributed by atoms with E-state index >= 15 is 0 Å². The van der Waals surface area contributed by atoms with Gasteiger partial charge in [-0.25, -0.2) is 0 Å². The average molecular weight is 181 g/mol. The van der Waals surface area contributed by atoms with Crippen molar-refractivity contribution in [3.63, 3.8) is 0 Å². The van der Waals surface area contributed by atoms with Gasteiger partial charge in [-0.2, -0.15) is 0 Å².